The normalized spacial score (nSPS) is 21.3. The Hall–Kier alpha value is -3.35. The predicted octanol–water partition coefficient (Wildman–Crippen LogP) is 2.69. The van der Waals surface area contributed by atoms with Crippen LogP contribution in [0, 0.1) is 5.92 Å². The van der Waals surface area contributed by atoms with Crippen LogP contribution in [0.2, 0.25) is 0 Å². The van der Waals surface area contributed by atoms with Gasteiger partial charge in [0.15, 0.2) is 0 Å². The van der Waals surface area contributed by atoms with Gasteiger partial charge < -0.3 is 19.7 Å². The van der Waals surface area contributed by atoms with Crippen molar-refractivity contribution in [3.8, 4) is 0 Å². The quantitative estimate of drug-likeness (QED) is 0.724. The van der Waals surface area contributed by atoms with E-state index in [4.69, 9.17) is 9.47 Å². The van der Waals surface area contributed by atoms with Gasteiger partial charge in [0, 0.05) is 13.1 Å². The van der Waals surface area contributed by atoms with Crippen LogP contribution in [0.5, 0.6) is 0 Å². The molecule has 2 aliphatic rings. The third-order valence-corrected chi connectivity index (χ3v) is 5.81. The Bertz CT molecular complexity index is 910. The average molecular weight is 422 g/mol. The van der Waals surface area contributed by atoms with E-state index in [1.807, 2.05) is 60.7 Å². The summed E-state index contributed by atoms with van der Waals surface area (Å²) in [4.78, 5) is 38.9. The second-order valence-corrected chi connectivity index (χ2v) is 7.96. The third-order valence-electron chi connectivity index (χ3n) is 5.81. The molecular formula is C24H26N2O5. The lowest BCUT2D eigenvalue weighted by molar-refractivity contribution is -0.154. The van der Waals surface area contributed by atoms with Crippen LogP contribution in [0.1, 0.15) is 24.0 Å². The number of hydrogen-bond donors (Lipinski definition) is 1. The minimum Gasteiger partial charge on any atom is -0.461 e. The summed E-state index contributed by atoms with van der Waals surface area (Å²) in [5, 5.41) is 2.75. The zero-order valence-electron chi connectivity index (χ0n) is 17.2. The number of esters is 1. The highest BCUT2D eigenvalue weighted by molar-refractivity contribution is 5.87. The summed E-state index contributed by atoms with van der Waals surface area (Å²) in [6.45, 7) is 1.13. The van der Waals surface area contributed by atoms with E-state index in [9.17, 15) is 14.4 Å². The van der Waals surface area contributed by atoms with Gasteiger partial charge in [0.2, 0.25) is 6.10 Å². The number of carbonyl (C=O) groups is 3. The summed E-state index contributed by atoms with van der Waals surface area (Å²) in [5.41, 5.74) is 1.97. The van der Waals surface area contributed by atoms with E-state index in [1.54, 1.807) is 4.90 Å². The molecule has 0 unspecified atom stereocenters. The van der Waals surface area contributed by atoms with Crippen LogP contribution >= 0.6 is 0 Å². The van der Waals surface area contributed by atoms with Gasteiger partial charge in [-0.15, -0.1) is 0 Å². The molecule has 1 N–H and O–H groups in total. The molecule has 162 valence electrons. The molecule has 2 fully saturated rings. The summed E-state index contributed by atoms with van der Waals surface area (Å²) in [5.74, 6) is -0.667. The van der Waals surface area contributed by atoms with Crippen molar-refractivity contribution < 1.29 is 23.9 Å². The number of cyclic esters (lactones) is 1. The van der Waals surface area contributed by atoms with E-state index >= 15 is 0 Å². The Morgan fingerprint density at radius 3 is 2.23 bits per heavy atom. The number of likely N-dealkylation sites (tertiary alicyclic amines) is 1. The van der Waals surface area contributed by atoms with Crippen molar-refractivity contribution in [1.29, 1.82) is 0 Å². The molecule has 2 aliphatic heterocycles. The highest BCUT2D eigenvalue weighted by atomic mass is 16.6. The van der Waals surface area contributed by atoms with Gasteiger partial charge >= 0.3 is 12.1 Å². The van der Waals surface area contributed by atoms with E-state index < -0.39 is 18.2 Å². The lowest BCUT2D eigenvalue weighted by Crippen LogP contribution is -2.49. The Labute approximate surface area is 181 Å². The van der Waals surface area contributed by atoms with Crippen molar-refractivity contribution in [2.24, 2.45) is 5.92 Å². The first-order valence-corrected chi connectivity index (χ1v) is 10.6. The summed E-state index contributed by atoms with van der Waals surface area (Å²) in [6, 6.07) is 18.8. The Balaban J connectivity index is 1.29. The van der Waals surface area contributed by atoms with Crippen molar-refractivity contribution in [2.75, 3.05) is 13.1 Å². The molecule has 7 nitrogen and oxygen atoms in total. The molecule has 2 atom stereocenters. The largest absolute Gasteiger partial charge is 0.461 e. The highest BCUT2D eigenvalue weighted by Crippen LogP contribution is 2.23. The van der Waals surface area contributed by atoms with E-state index in [-0.39, 0.29) is 24.4 Å². The van der Waals surface area contributed by atoms with Crippen LogP contribution in [0.15, 0.2) is 60.7 Å². The van der Waals surface area contributed by atoms with Crippen molar-refractivity contribution >= 4 is 18.0 Å². The standard InChI is InChI=1S/C24H26N2O5/c27-22(21-20(25-24(29)31-21)15-17-7-3-1-4-8-17)26-13-11-19(12-14-26)23(28)30-16-18-9-5-2-6-10-18/h1-10,19-21H,11-16H2,(H,25,29)/t20-,21-/m0/s1. The fraction of sp³-hybridized carbons (Fsp3) is 0.375. The molecule has 4 rings (SSSR count). The maximum atomic E-state index is 13.0. The minimum absolute atomic E-state index is 0.213. The van der Waals surface area contributed by atoms with Crippen LogP contribution < -0.4 is 5.32 Å². The number of hydrogen-bond acceptors (Lipinski definition) is 5. The molecule has 0 aliphatic carbocycles. The molecule has 7 heteroatoms. The van der Waals surface area contributed by atoms with E-state index in [2.05, 4.69) is 5.32 Å². The maximum absolute atomic E-state index is 13.0. The fourth-order valence-corrected chi connectivity index (χ4v) is 4.07. The number of amides is 2. The van der Waals surface area contributed by atoms with Gasteiger partial charge in [0.1, 0.15) is 6.61 Å². The third kappa shape index (κ3) is 5.23. The molecule has 2 aromatic carbocycles. The van der Waals surface area contributed by atoms with E-state index in [1.165, 1.54) is 0 Å². The zero-order chi connectivity index (χ0) is 21.6. The smallest absolute Gasteiger partial charge is 0.408 e. The summed E-state index contributed by atoms with van der Waals surface area (Å²) >= 11 is 0. The highest BCUT2D eigenvalue weighted by Gasteiger charge is 2.42. The average Bonchev–Trinajstić information content (AvgIpc) is 3.18. The first-order valence-electron chi connectivity index (χ1n) is 10.6. The van der Waals surface area contributed by atoms with Gasteiger partial charge in [0.05, 0.1) is 12.0 Å². The van der Waals surface area contributed by atoms with Gasteiger partial charge in [-0.1, -0.05) is 60.7 Å². The molecule has 0 aromatic heterocycles. The summed E-state index contributed by atoms with van der Waals surface area (Å²) < 4.78 is 10.7. The van der Waals surface area contributed by atoms with Gasteiger partial charge in [-0.2, -0.15) is 0 Å². The molecule has 2 aromatic rings. The number of piperidine rings is 1. The van der Waals surface area contributed by atoms with Crippen LogP contribution in [-0.4, -0.2) is 48.1 Å². The van der Waals surface area contributed by atoms with Crippen molar-refractivity contribution in [3.63, 3.8) is 0 Å². The van der Waals surface area contributed by atoms with Crippen molar-refractivity contribution in [1.82, 2.24) is 10.2 Å². The summed E-state index contributed by atoms with van der Waals surface area (Å²) in [6.07, 6.45) is 0.173. The SMILES string of the molecule is O=C1N[C@@H](Cc2ccccc2)[C@@H](C(=O)N2CCC(C(=O)OCc3ccccc3)CC2)O1. The van der Waals surface area contributed by atoms with Gasteiger partial charge in [0.25, 0.3) is 5.91 Å². The second kappa shape index (κ2) is 9.64. The van der Waals surface area contributed by atoms with Crippen LogP contribution in [-0.2, 0) is 32.1 Å². The van der Waals surface area contributed by atoms with Crippen LogP contribution in [0.3, 0.4) is 0 Å². The Morgan fingerprint density at radius 2 is 1.58 bits per heavy atom. The number of ether oxygens (including phenoxy) is 2. The van der Waals surface area contributed by atoms with Gasteiger partial charge in [-0.25, -0.2) is 4.79 Å². The summed E-state index contributed by atoms with van der Waals surface area (Å²) in [7, 11) is 0. The van der Waals surface area contributed by atoms with Crippen molar-refractivity contribution in [2.45, 2.75) is 38.0 Å². The number of benzene rings is 2. The minimum atomic E-state index is -0.853. The Kier molecular flexibility index (Phi) is 6.50. The first-order chi connectivity index (χ1) is 15.1. The molecule has 0 radical (unpaired) electrons. The van der Waals surface area contributed by atoms with Crippen LogP contribution in [0.4, 0.5) is 4.79 Å². The lowest BCUT2D eigenvalue weighted by atomic mass is 9.95. The fourth-order valence-electron chi connectivity index (χ4n) is 4.07. The molecule has 0 bridgehead atoms. The maximum Gasteiger partial charge on any atom is 0.408 e. The van der Waals surface area contributed by atoms with Crippen LogP contribution in [0.25, 0.3) is 0 Å². The first kappa shape index (κ1) is 20.9. The number of nitrogens with zero attached hydrogens (tertiary/aromatic N) is 1. The predicted molar refractivity (Wildman–Crippen MR) is 113 cm³/mol. The number of alkyl carbamates (subject to hydrolysis) is 1. The second-order valence-electron chi connectivity index (χ2n) is 7.96. The number of rotatable bonds is 6. The topological polar surface area (TPSA) is 84.9 Å². The molecule has 0 saturated carbocycles. The number of nitrogens with one attached hydrogen (secondary N) is 1. The molecular weight excluding hydrogens is 396 g/mol. The number of carbonyl (C=O) groups excluding carboxylic acids is 3. The molecule has 2 saturated heterocycles. The molecule has 0 spiro atoms. The van der Waals surface area contributed by atoms with Crippen molar-refractivity contribution in [3.05, 3.63) is 71.8 Å². The van der Waals surface area contributed by atoms with E-state index in [0.717, 1.165) is 11.1 Å². The lowest BCUT2D eigenvalue weighted by Gasteiger charge is -2.33. The van der Waals surface area contributed by atoms with Gasteiger partial charge in [-0.05, 0) is 30.4 Å². The monoisotopic (exact) mass is 422 g/mol. The van der Waals surface area contributed by atoms with Gasteiger partial charge in [-0.3, -0.25) is 9.59 Å². The molecule has 2 heterocycles. The Morgan fingerprint density at radius 1 is 0.968 bits per heavy atom. The molecule has 31 heavy (non-hydrogen) atoms. The molecule has 2 amide bonds. The zero-order valence-corrected chi connectivity index (χ0v) is 17.2. The van der Waals surface area contributed by atoms with E-state index in [0.29, 0.717) is 32.4 Å².